The van der Waals surface area contributed by atoms with Crippen LogP contribution in [0.3, 0.4) is 0 Å². The molecule has 0 spiro atoms. The van der Waals surface area contributed by atoms with Gasteiger partial charge in [0.05, 0.1) is 6.04 Å². The second-order valence-corrected chi connectivity index (χ2v) is 6.72. The zero-order valence-electron chi connectivity index (χ0n) is 13.1. The fraction of sp³-hybridized carbons (Fsp3) is 0.545. The van der Waals surface area contributed by atoms with Gasteiger partial charge >= 0.3 is 35.7 Å². The SMILES string of the molecule is CC(C)(C)OC(=O)N[C@H]1C(=O)N(S(=O)(=O)[O-])[C@@H]1/C=C/C(N)=O.[Na+]. The van der Waals surface area contributed by atoms with Crippen molar-refractivity contribution in [1.82, 2.24) is 9.62 Å². The van der Waals surface area contributed by atoms with Crippen LogP contribution in [0.4, 0.5) is 4.79 Å². The zero-order valence-corrected chi connectivity index (χ0v) is 15.9. The Hall–Kier alpha value is -1.14. The first-order valence-electron chi connectivity index (χ1n) is 6.09. The quantitative estimate of drug-likeness (QED) is 0.222. The number of nitrogens with one attached hydrogen (secondary N) is 1. The van der Waals surface area contributed by atoms with Gasteiger partial charge in [-0.1, -0.05) is 6.08 Å². The van der Waals surface area contributed by atoms with Crippen molar-refractivity contribution < 1.29 is 61.6 Å². The molecule has 124 valence electrons. The van der Waals surface area contributed by atoms with Gasteiger partial charge in [0, 0.05) is 6.08 Å². The maximum atomic E-state index is 11.7. The van der Waals surface area contributed by atoms with Crippen molar-refractivity contribution in [2.45, 2.75) is 38.5 Å². The van der Waals surface area contributed by atoms with Gasteiger partial charge in [-0.2, -0.15) is 0 Å². The Kier molecular flexibility index (Phi) is 7.24. The Morgan fingerprint density at radius 3 is 2.30 bits per heavy atom. The summed E-state index contributed by atoms with van der Waals surface area (Å²) >= 11 is 0. The number of carbonyl (C=O) groups excluding carboxylic acids is 3. The molecule has 10 nitrogen and oxygen atoms in total. The van der Waals surface area contributed by atoms with Gasteiger partial charge < -0.3 is 20.3 Å². The number of nitrogens with zero attached hydrogens (tertiary/aromatic N) is 1. The van der Waals surface area contributed by atoms with Gasteiger partial charge in [-0.25, -0.2) is 17.5 Å². The van der Waals surface area contributed by atoms with E-state index in [1.54, 1.807) is 20.8 Å². The first kappa shape index (κ1) is 21.9. The molecule has 1 fully saturated rings. The number of primary amides is 1. The van der Waals surface area contributed by atoms with E-state index < -0.39 is 45.9 Å². The normalized spacial score (nSPS) is 21.4. The molecule has 1 aliphatic heterocycles. The predicted octanol–water partition coefficient (Wildman–Crippen LogP) is -4.40. The van der Waals surface area contributed by atoms with Crippen LogP contribution >= 0.6 is 0 Å². The molecule has 0 aromatic rings. The summed E-state index contributed by atoms with van der Waals surface area (Å²) in [6.45, 7) is 4.77. The fourth-order valence-electron chi connectivity index (χ4n) is 1.71. The van der Waals surface area contributed by atoms with Crippen LogP contribution in [0.5, 0.6) is 0 Å². The van der Waals surface area contributed by atoms with E-state index in [0.717, 1.165) is 12.2 Å². The minimum atomic E-state index is -5.08. The molecule has 0 bridgehead atoms. The maximum Gasteiger partial charge on any atom is 1.00 e. The first-order valence-corrected chi connectivity index (χ1v) is 7.45. The fourth-order valence-corrected chi connectivity index (χ4v) is 2.53. The standard InChI is InChI=1S/C11H17N3O7S.Na/c1-11(2,3)21-10(17)13-8-6(4-5-7(12)15)14(9(8)16)22(18,19)20;/h4-6,8H,1-3H3,(H2,12,15)(H,13,17)(H,18,19,20);/q;+1/p-1/b5-4+;/t6-,8-;/m1./s1. The summed E-state index contributed by atoms with van der Waals surface area (Å²) in [5.74, 6) is -2.03. The smallest absolute Gasteiger partial charge is 0.731 e. The Labute approximate surface area is 155 Å². The largest absolute Gasteiger partial charge is 1.00 e. The molecule has 23 heavy (non-hydrogen) atoms. The average Bonchev–Trinajstić information content (AvgIpc) is 2.26. The molecule has 0 aromatic heterocycles. The van der Waals surface area contributed by atoms with Gasteiger partial charge in [0.1, 0.15) is 11.6 Å². The van der Waals surface area contributed by atoms with Crippen LogP contribution < -0.4 is 40.6 Å². The summed E-state index contributed by atoms with van der Waals surface area (Å²) in [7, 11) is -5.08. The first-order chi connectivity index (χ1) is 9.83. The summed E-state index contributed by atoms with van der Waals surface area (Å²) in [6, 6.07) is -2.68. The van der Waals surface area contributed by atoms with Crippen molar-refractivity contribution in [3.05, 3.63) is 12.2 Å². The molecule has 12 heteroatoms. The summed E-state index contributed by atoms with van der Waals surface area (Å²) < 4.78 is 37.9. The summed E-state index contributed by atoms with van der Waals surface area (Å²) in [5.41, 5.74) is 4.04. The summed E-state index contributed by atoms with van der Waals surface area (Å²) in [5, 5.41) is 2.14. The van der Waals surface area contributed by atoms with Crippen LogP contribution in [0, 0.1) is 0 Å². The van der Waals surface area contributed by atoms with Crippen LogP contribution in [-0.2, 0) is 24.6 Å². The molecule has 2 atom stereocenters. The number of amides is 3. The Balaban J connectivity index is 0.00000484. The third-order valence-corrected chi connectivity index (χ3v) is 3.37. The number of nitrogens with two attached hydrogens (primary N) is 1. The second kappa shape index (κ2) is 7.62. The van der Waals surface area contributed by atoms with E-state index in [-0.39, 0.29) is 33.9 Å². The Morgan fingerprint density at radius 2 is 1.91 bits per heavy atom. The Morgan fingerprint density at radius 1 is 1.39 bits per heavy atom. The van der Waals surface area contributed by atoms with Crippen LogP contribution in [0.1, 0.15) is 20.8 Å². The molecule has 0 aromatic carbocycles. The molecule has 1 rings (SSSR count). The maximum absolute atomic E-state index is 11.7. The van der Waals surface area contributed by atoms with Crippen molar-refractivity contribution in [2.24, 2.45) is 5.73 Å². The molecule has 1 saturated heterocycles. The number of rotatable bonds is 4. The second-order valence-electron chi connectivity index (χ2n) is 5.47. The predicted molar refractivity (Wildman–Crippen MR) is 71.8 cm³/mol. The monoisotopic (exact) mass is 357 g/mol. The van der Waals surface area contributed by atoms with E-state index in [9.17, 15) is 27.4 Å². The molecule has 1 heterocycles. The van der Waals surface area contributed by atoms with Crippen molar-refractivity contribution >= 4 is 28.2 Å². The number of carbonyl (C=O) groups is 3. The van der Waals surface area contributed by atoms with E-state index in [0.29, 0.717) is 0 Å². The van der Waals surface area contributed by atoms with Gasteiger partial charge in [-0.3, -0.25) is 9.59 Å². The zero-order chi connectivity index (χ0) is 17.3. The average molecular weight is 357 g/mol. The number of hydrogen-bond donors (Lipinski definition) is 2. The van der Waals surface area contributed by atoms with Gasteiger partial charge in [0.25, 0.3) is 5.91 Å². The molecule has 1 aliphatic rings. The van der Waals surface area contributed by atoms with Crippen LogP contribution in [0.15, 0.2) is 12.2 Å². The molecule has 3 amide bonds. The topological polar surface area (TPSA) is 159 Å². The number of β-lactam (4-membered cyclic amide) rings is 1. The molecular formula is C11H16N3NaO7S. The van der Waals surface area contributed by atoms with E-state index >= 15 is 0 Å². The molecular weight excluding hydrogens is 341 g/mol. The van der Waals surface area contributed by atoms with Crippen molar-refractivity contribution in [3.63, 3.8) is 0 Å². The van der Waals surface area contributed by atoms with Gasteiger partial charge in [0.2, 0.25) is 5.91 Å². The molecule has 0 radical (unpaired) electrons. The molecule has 3 N–H and O–H groups in total. The van der Waals surface area contributed by atoms with Crippen LogP contribution in [0.2, 0.25) is 0 Å². The van der Waals surface area contributed by atoms with Gasteiger partial charge in [-0.15, -0.1) is 0 Å². The molecule has 0 saturated carbocycles. The number of alkyl carbamates (subject to hydrolysis) is 1. The van der Waals surface area contributed by atoms with Gasteiger partial charge in [-0.05, 0) is 20.8 Å². The number of hydrogen-bond acceptors (Lipinski definition) is 7. The number of ether oxygens (including phenoxy) is 1. The minimum Gasteiger partial charge on any atom is -0.731 e. The van der Waals surface area contributed by atoms with Crippen molar-refractivity contribution in [1.29, 1.82) is 0 Å². The molecule has 0 aliphatic carbocycles. The Bertz CT molecular complexity index is 626. The van der Waals surface area contributed by atoms with Crippen LogP contribution in [0.25, 0.3) is 0 Å². The molecule has 0 unspecified atom stereocenters. The van der Waals surface area contributed by atoms with E-state index in [4.69, 9.17) is 10.5 Å². The third-order valence-electron chi connectivity index (χ3n) is 2.47. The third kappa shape index (κ3) is 6.11. The van der Waals surface area contributed by atoms with E-state index in [1.807, 2.05) is 0 Å². The van der Waals surface area contributed by atoms with Crippen molar-refractivity contribution in [2.75, 3.05) is 0 Å². The summed E-state index contributed by atoms with van der Waals surface area (Å²) in [4.78, 5) is 34.0. The van der Waals surface area contributed by atoms with E-state index in [1.165, 1.54) is 0 Å². The van der Waals surface area contributed by atoms with Crippen LogP contribution in [-0.4, -0.2) is 52.9 Å². The van der Waals surface area contributed by atoms with Gasteiger partial charge in [0.15, 0.2) is 10.3 Å². The minimum absolute atomic E-state index is 0. The van der Waals surface area contributed by atoms with E-state index in [2.05, 4.69) is 5.32 Å². The van der Waals surface area contributed by atoms with Crippen molar-refractivity contribution in [3.8, 4) is 0 Å². The summed E-state index contributed by atoms with van der Waals surface area (Å²) in [6.07, 6.45) is 0.770.